The van der Waals surface area contributed by atoms with E-state index in [0.717, 1.165) is 24.1 Å². The van der Waals surface area contributed by atoms with E-state index in [2.05, 4.69) is 22.3 Å². The molecule has 1 aromatic carbocycles. The molecule has 0 radical (unpaired) electrons. The molecule has 1 aromatic heterocycles. The van der Waals surface area contributed by atoms with E-state index in [1.54, 1.807) is 19.0 Å². The van der Waals surface area contributed by atoms with Crippen molar-refractivity contribution in [3.8, 4) is 0 Å². The van der Waals surface area contributed by atoms with Crippen LogP contribution in [0.15, 0.2) is 35.2 Å². The first kappa shape index (κ1) is 27.2. The number of piperidine rings is 2. The summed E-state index contributed by atoms with van der Waals surface area (Å²) in [5.41, 5.74) is 1.65. The van der Waals surface area contributed by atoms with Crippen LogP contribution in [0.1, 0.15) is 36.9 Å². The van der Waals surface area contributed by atoms with E-state index in [1.165, 1.54) is 10.6 Å². The highest BCUT2D eigenvalue weighted by molar-refractivity contribution is 7.91. The van der Waals surface area contributed by atoms with Gasteiger partial charge in [-0.2, -0.15) is 4.98 Å². The first-order valence-corrected chi connectivity index (χ1v) is 16.2. The first-order chi connectivity index (χ1) is 18.1. The lowest BCUT2D eigenvalue weighted by Crippen LogP contribution is -2.49. The van der Waals surface area contributed by atoms with Crippen molar-refractivity contribution in [3.63, 3.8) is 0 Å². The minimum absolute atomic E-state index is 0.0424. The minimum Gasteiger partial charge on any atom is -0.611 e. The van der Waals surface area contributed by atoms with Gasteiger partial charge in [0, 0.05) is 64.6 Å². The molecule has 0 saturated carbocycles. The zero-order chi connectivity index (χ0) is 27.1. The molecule has 12 heteroatoms. The van der Waals surface area contributed by atoms with Crippen LogP contribution in [0.5, 0.6) is 0 Å². The molecular formula is C26H36N6O4S2. The molecular weight excluding hydrogens is 524 g/mol. The lowest BCUT2D eigenvalue weighted by atomic mass is 9.72. The van der Waals surface area contributed by atoms with E-state index in [4.69, 9.17) is 9.97 Å². The summed E-state index contributed by atoms with van der Waals surface area (Å²) >= 11 is -1.14. The van der Waals surface area contributed by atoms with Crippen LogP contribution in [0.4, 0.5) is 11.8 Å². The van der Waals surface area contributed by atoms with E-state index < -0.39 is 21.2 Å². The summed E-state index contributed by atoms with van der Waals surface area (Å²) in [5, 5.41) is 3.49. The predicted molar refractivity (Wildman–Crippen MR) is 148 cm³/mol. The van der Waals surface area contributed by atoms with Crippen LogP contribution in [-0.4, -0.2) is 96.4 Å². The largest absolute Gasteiger partial charge is 0.611 e. The van der Waals surface area contributed by atoms with Gasteiger partial charge in [-0.1, -0.05) is 30.3 Å². The molecule has 206 valence electrons. The van der Waals surface area contributed by atoms with Crippen molar-refractivity contribution in [1.82, 2.24) is 19.2 Å². The molecule has 0 spiro atoms. The van der Waals surface area contributed by atoms with Gasteiger partial charge in [-0.3, -0.25) is 4.79 Å². The Morgan fingerprint density at radius 1 is 1.18 bits per heavy atom. The Morgan fingerprint density at radius 3 is 2.55 bits per heavy atom. The molecule has 4 heterocycles. The Bertz CT molecular complexity index is 1280. The van der Waals surface area contributed by atoms with Crippen LogP contribution in [0.2, 0.25) is 0 Å². The molecule has 38 heavy (non-hydrogen) atoms. The number of likely N-dealkylation sites (tertiary alicyclic amines) is 1. The molecule has 3 aliphatic rings. The van der Waals surface area contributed by atoms with Crippen LogP contribution in [-0.2, 0) is 37.8 Å². The van der Waals surface area contributed by atoms with E-state index >= 15 is 0 Å². The number of sulfonamides is 1. The van der Waals surface area contributed by atoms with Crippen molar-refractivity contribution < 1.29 is 17.8 Å². The van der Waals surface area contributed by atoms with Gasteiger partial charge in [0.05, 0.1) is 6.26 Å². The second kappa shape index (κ2) is 10.6. The van der Waals surface area contributed by atoms with Crippen molar-refractivity contribution in [2.24, 2.45) is 0 Å². The quantitative estimate of drug-likeness (QED) is 0.507. The third kappa shape index (κ3) is 5.49. The predicted octanol–water partition coefficient (Wildman–Crippen LogP) is 1.60. The van der Waals surface area contributed by atoms with Gasteiger partial charge in [-0.05, 0) is 36.0 Å². The van der Waals surface area contributed by atoms with Crippen molar-refractivity contribution in [3.05, 3.63) is 41.6 Å². The second-order valence-corrected chi connectivity index (χ2v) is 14.4. The second-order valence-electron chi connectivity index (χ2n) is 10.8. The van der Waals surface area contributed by atoms with Crippen molar-refractivity contribution >= 4 is 38.9 Å². The van der Waals surface area contributed by atoms with E-state index in [1.807, 2.05) is 18.2 Å². The number of nitrogens with one attached hydrogen (secondary N) is 1. The Labute approximate surface area is 228 Å². The summed E-state index contributed by atoms with van der Waals surface area (Å²) in [6.45, 7) is 2.34. The lowest BCUT2D eigenvalue weighted by molar-refractivity contribution is -0.132. The van der Waals surface area contributed by atoms with Crippen molar-refractivity contribution in [2.45, 2.75) is 48.5 Å². The number of carbonyl (C=O) groups excluding carboxylic acids is 1. The molecule has 1 amide bonds. The van der Waals surface area contributed by atoms with E-state index in [9.17, 15) is 17.8 Å². The number of amides is 1. The maximum absolute atomic E-state index is 12.8. The zero-order valence-electron chi connectivity index (χ0n) is 22.2. The van der Waals surface area contributed by atoms with Gasteiger partial charge in [0.15, 0.2) is 5.82 Å². The fourth-order valence-electron chi connectivity index (χ4n) is 5.75. The topological polar surface area (TPSA) is 122 Å². The first-order valence-electron chi connectivity index (χ1n) is 13.1. The summed E-state index contributed by atoms with van der Waals surface area (Å²) in [6, 6.07) is 10.2. The molecule has 2 saturated heterocycles. The number of carbonyl (C=O) groups is 1. The lowest BCUT2D eigenvalue weighted by Gasteiger charge is -2.44. The Balaban J connectivity index is 1.39. The van der Waals surface area contributed by atoms with Gasteiger partial charge < -0.3 is 19.7 Å². The van der Waals surface area contributed by atoms with E-state index in [-0.39, 0.29) is 17.4 Å². The highest BCUT2D eigenvalue weighted by Gasteiger charge is 2.40. The summed E-state index contributed by atoms with van der Waals surface area (Å²) in [4.78, 5) is 26.2. The molecule has 1 N–H and O–H groups in total. The fraction of sp³-hybridized carbons (Fsp3) is 0.577. The SMILES string of the molecule is CN1C[C@@H](Nc2nc(N3CCC(CN(C)S(C)(=O)=O)(c4ccccc4)CC3)nc3c2[S+]([O-])CC3)CCC1=O. The maximum atomic E-state index is 12.8. The summed E-state index contributed by atoms with van der Waals surface area (Å²) < 4.78 is 38.8. The van der Waals surface area contributed by atoms with Gasteiger partial charge in [0.2, 0.25) is 26.8 Å². The van der Waals surface area contributed by atoms with Gasteiger partial charge in [0.1, 0.15) is 11.4 Å². The molecule has 2 fully saturated rings. The van der Waals surface area contributed by atoms with Gasteiger partial charge in [0.25, 0.3) is 0 Å². The van der Waals surface area contributed by atoms with Gasteiger partial charge >= 0.3 is 0 Å². The van der Waals surface area contributed by atoms with Gasteiger partial charge in [-0.25, -0.2) is 17.7 Å². The van der Waals surface area contributed by atoms with E-state index in [0.29, 0.717) is 67.9 Å². The monoisotopic (exact) mass is 560 g/mol. The number of likely N-dealkylation sites (N-methyl/N-ethyl adjacent to an activating group) is 2. The smallest absolute Gasteiger partial charge is 0.227 e. The number of benzene rings is 1. The zero-order valence-corrected chi connectivity index (χ0v) is 23.9. The molecule has 3 aliphatic heterocycles. The average Bonchev–Trinajstić information content (AvgIpc) is 3.27. The number of hydrogen-bond donors (Lipinski definition) is 1. The number of aryl methyl sites for hydroxylation is 1. The molecule has 1 unspecified atom stereocenters. The number of anilines is 2. The highest BCUT2D eigenvalue weighted by Crippen LogP contribution is 2.39. The number of hydrogen-bond acceptors (Lipinski definition) is 8. The molecule has 2 aromatic rings. The molecule has 10 nitrogen and oxygen atoms in total. The molecule has 2 atom stereocenters. The summed E-state index contributed by atoms with van der Waals surface area (Å²) in [6.07, 6.45) is 4.59. The average molecular weight is 561 g/mol. The summed E-state index contributed by atoms with van der Waals surface area (Å²) in [7, 11) is 0.127. The van der Waals surface area contributed by atoms with Crippen molar-refractivity contribution in [1.29, 1.82) is 0 Å². The summed E-state index contributed by atoms with van der Waals surface area (Å²) in [5.74, 6) is 1.91. The number of fused-ring (bicyclic) bond motifs is 1. The Hall–Kier alpha value is -2.41. The standard InChI is InChI=1S/C26H36N6O4S2/c1-30-17-20(9-10-22(30)33)27-24-23-21(11-16-37(23)34)28-25(29-24)32-14-12-26(13-15-32,18-31(2)38(3,35)36)19-7-5-4-6-8-19/h4-8,20H,9-18H2,1-3H3,(H,27,28,29)/t20-,37?/m0/s1. The van der Waals surface area contributed by atoms with Crippen molar-refractivity contribution in [2.75, 3.05) is 62.5 Å². The Morgan fingerprint density at radius 2 is 1.89 bits per heavy atom. The number of rotatable bonds is 7. The molecule has 0 bridgehead atoms. The maximum Gasteiger partial charge on any atom is 0.227 e. The molecule has 5 rings (SSSR count). The third-order valence-electron chi connectivity index (χ3n) is 8.12. The highest BCUT2D eigenvalue weighted by atomic mass is 32.2. The van der Waals surface area contributed by atoms with Crippen LogP contribution in [0, 0.1) is 0 Å². The van der Waals surface area contributed by atoms with Crippen LogP contribution < -0.4 is 10.2 Å². The number of nitrogens with zero attached hydrogens (tertiary/aromatic N) is 5. The third-order valence-corrected chi connectivity index (χ3v) is 10.8. The number of aromatic nitrogens is 2. The minimum atomic E-state index is -3.32. The molecule has 0 aliphatic carbocycles. The normalized spacial score (nSPS) is 23.6. The fourth-order valence-corrected chi connectivity index (χ4v) is 7.55. The van der Waals surface area contributed by atoms with Crippen LogP contribution >= 0.6 is 0 Å². The Kier molecular flexibility index (Phi) is 7.60. The van der Waals surface area contributed by atoms with Crippen LogP contribution in [0.25, 0.3) is 0 Å². The van der Waals surface area contributed by atoms with Gasteiger partial charge in [-0.15, -0.1) is 0 Å². The van der Waals surface area contributed by atoms with Crippen LogP contribution in [0.3, 0.4) is 0 Å².